The molecule has 0 aliphatic rings. The van der Waals surface area contributed by atoms with Gasteiger partial charge in [0.05, 0.1) is 5.69 Å². The fourth-order valence-electron chi connectivity index (χ4n) is 1.50. The van der Waals surface area contributed by atoms with E-state index in [1.54, 1.807) is 6.07 Å². The van der Waals surface area contributed by atoms with Gasteiger partial charge in [0.15, 0.2) is 0 Å². The number of primary sulfonamides is 1. The zero-order chi connectivity index (χ0) is 13.3. The molecule has 0 atom stereocenters. The van der Waals surface area contributed by atoms with E-state index >= 15 is 0 Å². The number of rotatable bonds is 2. The zero-order valence-corrected chi connectivity index (χ0v) is 9.85. The molecule has 0 bridgehead atoms. The van der Waals surface area contributed by atoms with Crippen molar-refractivity contribution in [2.75, 3.05) is 0 Å². The predicted octanol–water partition coefficient (Wildman–Crippen LogP) is -0.827. The fraction of sp³-hybridized carbons (Fsp3) is 0. The summed E-state index contributed by atoms with van der Waals surface area (Å²) in [4.78, 5) is 24.4. The molecule has 18 heavy (non-hydrogen) atoms. The molecule has 8 heteroatoms. The summed E-state index contributed by atoms with van der Waals surface area (Å²) in [7, 11) is -3.96. The summed E-state index contributed by atoms with van der Waals surface area (Å²) < 4.78 is 23.8. The topological polar surface area (TPSA) is 115 Å². The summed E-state index contributed by atoms with van der Waals surface area (Å²) in [6, 6.07) is 6.85. The van der Waals surface area contributed by atoms with Crippen LogP contribution in [0.25, 0.3) is 5.69 Å². The average molecular weight is 267 g/mol. The third kappa shape index (κ3) is 2.24. The van der Waals surface area contributed by atoms with Gasteiger partial charge in [0.2, 0.25) is 10.0 Å². The summed E-state index contributed by atoms with van der Waals surface area (Å²) in [5.41, 5.74) is -1.22. The first-order valence-corrected chi connectivity index (χ1v) is 6.38. The highest BCUT2D eigenvalue weighted by molar-refractivity contribution is 7.89. The van der Waals surface area contributed by atoms with Crippen molar-refractivity contribution >= 4 is 10.0 Å². The largest absolute Gasteiger partial charge is 0.332 e. The Morgan fingerprint density at radius 3 is 2.39 bits per heavy atom. The lowest BCUT2D eigenvalue weighted by molar-refractivity contribution is 0.597. The maximum Gasteiger partial charge on any atom is 0.332 e. The molecule has 0 amide bonds. The fourth-order valence-corrected chi connectivity index (χ4v) is 2.23. The molecule has 0 fully saturated rings. The van der Waals surface area contributed by atoms with E-state index in [0.717, 1.165) is 10.6 Å². The van der Waals surface area contributed by atoms with Crippen molar-refractivity contribution in [3.63, 3.8) is 0 Å². The van der Waals surface area contributed by atoms with Crippen LogP contribution in [-0.2, 0) is 10.0 Å². The molecular weight excluding hydrogens is 258 g/mol. The molecule has 1 aromatic carbocycles. The number of hydrogen-bond donors (Lipinski definition) is 2. The van der Waals surface area contributed by atoms with Crippen molar-refractivity contribution in [3.8, 4) is 5.69 Å². The Labute approximate surface area is 102 Å². The van der Waals surface area contributed by atoms with Gasteiger partial charge >= 0.3 is 5.69 Å². The number of sulfonamides is 1. The molecular formula is C10H9N3O4S. The number of para-hydroxylation sites is 1. The number of hydrogen-bond acceptors (Lipinski definition) is 4. The molecule has 0 saturated carbocycles. The monoisotopic (exact) mass is 267 g/mol. The van der Waals surface area contributed by atoms with Crippen LogP contribution < -0.4 is 16.4 Å². The first-order chi connectivity index (χ1) is 8.39. The van der Waals surface area contributed by atoms with Crippen molar-refractivity contribution in [2.45, 2.75) is 4.90 Å². The van der Waals surface area contributed by atoms with E-state index in [4.69, 9.17) is 5.14 Å². The highest BCUT2D eigenvalue weighted by atomic mass is 32.2. The van der Waals surface area contributed by atoms with Crippen molar-refractivity contribution in [1.29, 1.82) is 0 Å². The van der Waals surface area contributed by atoms with Crippen molar-refractivity contribution < 1.29 is 8.42 Å². The number of nitrogens with two attached hydrogens (primary N) is 1. The van der Waals surface area contributed by atoms with Gasteiger partial charge in [0, 0.05) is 12.3 Å². The smallest absolute Gasteiger partial charge is 0.274 e. The number of H-pyrrole nitrogens is 1. The van der Waals surface area contributed by atoms with Crippen LogP contribution in [0.1, 0.15) is 0 Å². The molecule has 0 spiro atoms. The summed E-state index contributed by atoms with van der Waals surface area (Å²) in [6.45, 7) is 0. The number of nitrogens with one attached hydrogen (secondary N) is 1. The van der Waals surface area contributed by atoms with E-state index in [-0.39, 0.29) is 10.6 Å². The van der Waals surface area contributed by atoms with Crippen LogP contribution in [-0.4, -0.2) is 18.0 Å². The summed E-state index contributed by atoms with van der Waals surface area (Å²) in [5.74, 6) is 0. The van der Waals surface area contributed by atoms with Crippen molar-refractivity contribution in [2.24, 2.45) is 5.14 Å². The van der Waals surface area contributed by atoms with E-state index in [9.17, 15) is 18.0 Å². The van der Waals surface area contributed by atoms with Crippen LogP contribution >= 0.6 is 0 Å². The van der Waals surface area contributed by atoms with Gasteiger partial charge in [-0.15, -0.1) is 0 Å². The zero-order valence-electron chi connectivity index (χ0n) is 9.03. The van der Waals surface area contributed by atoms with Gasteiger partial charge in [0.1, 0.15) is 4.90 Å². The molecule has 0 unspecified atom stereocenters. The lowest BCUT2D eigenvalue weighted by Gasteiger charge is -2.08. The SMILES string of the molecule is NS(=O)(=O)c1ccccc1-n1ccc(=O)[nH]c1=O. The molecule has 2 rings (SSSR count). The Morgan fingerprint density at radius 2 is 1.78 bits per heavy atom. The van der Waals surface area contributed by atoms with Crippen LogP contribution in [0.2, 0.25) is 0 Å². The molecule has 0 aliphatic carbocycles. The first kappa shape index (κ1) is 12.3. The van der Waals surface area contributed by atoms with Crippen molar-refractivity contribution in [3.05, 3.63) is 57.4 Å². The summed E-state index contributed by atoms with van der Waals surface area (Å²) >= 11 is 0. The van der Waals surface area contributed by atoms with Gasteiger partial charge in [-0.25, -0.2) is 18.4 Å². The summed E-state index contributed by atoms with van der Waals surface area (Å²) in [5, 5.41) is 5.06. The highest BCUT2D eigenvalue weighted by Gasteiger charge is 2.15. The van der Waals surface area contributed by atoms with Crippen molar-refractivity contribution in [1.82, 2.24) is 9.55 Å². The van der Waals surface area contributed by atoms with Crippen LogP contribution in [0.4, 0.5) is 0 Å². The molecule has 7 nitrogen and oxygen atoms in total. The number of aromatic amines is 1. The van der Waals surface area contributed by atoms with Gasteiger partial charge in [0.25, 0.3) is 5.56 Å². The second-order valence-corrected chi connectivity index (χ2v) is 5.02. The normalized spacial score (nSPS) is 11.4. The minimum absolute atomic E-state index is 0.0845. The standard InChI is InChI=1S/C10H9N3O4S/c11-18(16,17)8-4-2-1-3-7(8)13-6-5-9(14)12-10(13)15/h1-6H,(H2,11,16,17)(H,12,14,15). The number of benzene rings is 1. The van der Waals surface area contributed by atoms with Gasteiger partial charge < -0.3 is 0 Å². The highest BCUT2D eigenvalue weighted by Crippen LogP contribution is 2.16. The Balaban J connectivity index is 2.81. The Kier molecular flexibility index (Phi) is 2.89. The second kappa shape index (κ2) is 4.24. The van der Waals surface area contributed by atoms with E-state index in [2.05, 4.69) is 0 Å². The molecule has 1 heterocycles. The van der Waals surface area contributed by atoms with Crippen LogP contribution in [0.15, 0.2) is 51.0 Å². The Bertz CT molecular complexity index is 804. The maximum atomic E-state index is 11.6. The molecule has 3 N–H and O–H groups in total. The van der Waals surface area contributed by atoms with E-state index < -0.39 is 21.3 Å². The molecule has 0 aliphatic heterocycles. The number of nitrogens with zero attached hydrogens (tertiary/aromatic N) is 1. The molecule has 0 radical (unpaired) electrons. The molecule has 0 saturated heterocycles. The minimum Gasteiger partial charge on any atom is -0.274 e. The van der Waals surface area contributed by atoms with E-state index in [1.165, 1.54) is 24.4 Å². The quantitative estimate of drug-likeness (QED) is 0.739. The van der Waals surface area contributed by atoms with Gasteiger partial charge in [-0.2, -0.15) is 0 Å². The van der Waals surface area contributed by atoms with Gasteiger partial charge in [-0.3, -0.25) is 14.3 Å². The molecule has 2 aromatic rings. The van der Waals surface area contributed by atoms with Crippen LogP contribution in [0, 0.1) is 0 Å². The van der Waals surface area contributed by atoms with E-state index in [1.807, 2.05) is 4.98 Å². The van der Waals surface area contributed by atoms with Crippen LogP contribution in [0.3, 0.4) is 0 Å². The van der Waals surface area contributed by atoms with Crippen LogP contribution in [0.5, 0.6) is 0 Å². The lowest BCUT2D eigenvalue weighted by atomic mass is 10.3. The average Bonchev–Trinajstić information content (AvgIpc) is 2.28. The third-order valence-corrected chi connectivity index (χ3v) is 3.21. The maximum absolute atomic E-state index is 11.6. The first-order valence-electron chi connectivity index (χ1n) is 4.84. The Morgan fingerprint density at radius 1 is 1.11 bits per heavy atom. The molecule has 1 aromatic heterocycles. The number of aromatic nitrogens is 2. The predicted molar refractivity (Wildman–Crippen MR) is 64.0 cm³/mol. The minimum atomic E-state index is -3.96. The Hall–Kier alpha value is -2.19. The lowest BCUT2D eigenvalue weighted by Crippen LogP contribution is -2.29. The third-order valence-electron chi connectivity index (χ3n) is 2.26. The van der Waals surface area contributed by atoms with E-state index in [0.29, 0.717) is 0 Å². The summed E-state index contributed by atoms with van der Waals surface area (Å²) in [6.07, 6.45) is 1.19. The van der Waals surface area contributed by atoms with Gasteiger partial charge in [-0.05, 0) is 12.1 Å². The van der Waals surface area contributed by atoms with Gasteiger partial charge in [-0.1, -0.05) is 12.1 Å². The second-order valence-electron chi connectivity index (χ2n) is 3.49. The molecule has 94 valence electrons.